The molecule has 1 nitrogen and oxygen atoms in total. The Morgan fingerprint density at radius 2 is 0.741 bits per heavy atom. The Labute approximate surface area is 342 Å². The molecule has 0 aliphatic rings. The van der Waals surface area contributed by atoms with E-state index in [4.69, 9.17) is 0 Å². The molecule has 0 bridgehead atoms. The maximum Gasteiger partial charge on any atom is 0.0462 e. The van der Waals surface area contributed by atoms with E-state index in [0.29, 0.717) is 0 Å². The van der Waals surface area contributed by atoms with Gasteiger partial charge in [-0.25, -0.2) is 0 Å². The molecule has 0 unspecified atom stereocenters. The summed E-state index contributed by atoms with van der Waals surface area (Å²) in [5.74, 6) is 0. The third-order valence-corrected chi connectivity index (χ3v) is 12.7. The predicted molar refractivity (Wildman–Crippen MR) is 251 cm³/mol. The molecule has 0 atom stereocenters. The summed E-state index contributed by atoms with van der Waals surface area (Å²) in [6, 6.07) is 81.8. The average molecular weight is 756 g/mol. The van der Waals surface area contributed by atoms with Gasteiger partial charge in [-0.1, -0.05) is 176 Å². The molecule has 0 aliphatic carbocycles. The minimum absolute atomic E-state index is 1.11. The number of nitrogens with zero attached hydrogens (tertiary/aromatic N) is 1. The van der Waals surface area contributed by atoms with Gasteiger partial charge in [-0.3, -0.25) is 0 Å². The van der Waals surface area contributed by atoms with E-state index in [1.165, 1.54) is 86.2 Å². The first-order valence-corrected chi connectivity index (χ1v) is 20.6. The number of hydrogen-bond acceptors (Lipinski definition) is 2. The van der Waals surface area contributed by atoms with E-state index in [-0.39, 0.29) is 0 Å². The quantitative estimate of drug-likeness (QED) is 0.146. The Kier molecular flexibility index (Phi) is 8.42. The van der Waals surface area contributed by atoms with Gasteiger partial charge < -0.3 is 4.90 Å². The third kappa shape index (κ3) is 6.12. The summed E-state index contributed by atoms with van der Waals surface area (Å²) < 4.78 is 2.66. The molecule has 0 radical (unpaired) electrons. The van der Waals surface area contributed by atoms with Crippen LogP contribution in [0.4, 0.5) is 17.1 Å². The van der Waals surface area contributed by atoms with Crippen molar-refractivity contribution in [1.29, 1.82) is 0 Å². The highest BCUT2D eigenvalue weighted by Crippen LogP contribution is 2.42. The van der Waals surface area contributed by atoms with Crippen LogP contribution in [0.3, 0.4) is 0 Å². The van der Waals surface area contributed by atoms with Gasteiger partial charge in [0, 0.05) is 37.2 Å². The fraction of sp³-hybridized carbons (Fsp3) is 0. The minimum Gasteiger partial charge on any atom is -0.311 e. The predicted octanol–water partition coefficient (Wildman–Crippen LogP) is 16.5. The molecule has 1 heterocycles. The molecule has 272 valence electrons. The second-order valence-electron chi connectivity index (χ2n) is 14.9. The van der Waals surface area contributed by atoms with Crippen molar-refractivity contribution in [2.45, 2.75) is 0 Å². The normalized spacial score (nSPS) is 11.4. The zero-order valence-corrected chi connectivity index (χ0v) is 32.5. The maximum absolute atomic E-state index is 2.36. The van der Waals surface area contributed by atoms with Crippen LogP contribution in [0.5, 0.6) is 0 Å². The Hall–Kier alpha value is -7.26. The fourth-order valence-corrected chi connectivity index (χ4v) is 9.73. The molecule has 0 fully saturated rings. The first kappa shape index (κ1) is 34.0. The lowest BCUT2D eigenvalue weighted by Gasteiger charge is -2.26. The van der Waals surface area contributed by atoms with Crippen molar-refractivity contribution < 1.29 is 0 Å². The number of benzene rings is 10. The van der Waals surface area contributed by atoms with Crippen molar-refractivity contribution in [3.8, 4) is 44.5 Å². The maximum atomic E-state index is 2.36. The highest BCUT2D eigenvalue weighted by Gasteiger charge is 2.16. The van der Waals surface area contributed by atoms with Crippen molar-refractivity contribution in [3.05, 3.63) is 224 Å². The van der Waals surface area contributed by atoms with Crippen molar-refractivity contribution in [2.75, 3.05) is 4.90 Å². The Bertz CT molecular complexity index is 3230. The fourth-order valence-electron chi connectivity index (χ4n) is 8.50. The smallest absolute Gasteiger partial charge is 0.0462 e. The Balaban J connectivity index is 0.917. The van der Waals surface area contributed by atoms with Crippen LogP contribution in [-0.2, 0) is 0 Å². The zero-order chi connectivity index (χ0) is 38.4. The number of anilines is 3. The standard InChI is InChI=1S/C56H37NS/c1-2-9-38(10-3-1)40-23-30-47(31-24-40)57(49-34-27-44(28-35-49)52-14-8-15-54-53-13-6-7-16-55(53)58-56(52)54)48-32-25-41(26-33-48)39-17-19-42(20-18-39)45-29-36-51-46(37-45)22-21-43-11-4-5-12-50(43)51/h1-37H. The molecular weight excluding hydrogens is 719 g/mol. The number of rotatable bonds is 7. The lowest BCUT2D eigenvalue weighted by molar-refractivity contribution is 1.28. The topological polar surface area (TPSA) is 3.24 Å². The van der Waals surface area contributed by atoms with Crippen LogP contribution in [0.25, 0.3) is 86.2 Å². The molecule has 0 amide bonds. The summed E-state index contributed by atoms with van der Waals surface area (Å²) in [4.78, 5) is 2.36. The summed E-state index contributed by atoms with van der Waals surface area (Å²) in [6.45, 7) is 0. The Morgan fingerprint density at radius 1 is 0.276 bits per heavy atom. The SMILES string of the molecule is c1ccc(-c2ccc(N(c3ccc(-c4ccc(-c5ccc6c(ccc7ccccc76)c5)cc4)cc3)c3ccc(-c4cccc5c4sc4ccccc45)cc3)cc2)cc1. The Morgan fingerprint density at radius 3 is 1.41 bits per heavy atom. The molecule has 58 heavy (non-hydrogen) atoms. The van der Waals surface area contributed by atoms with Crippen LogP contribution in [0.15, 0.2) is 224 Å². The summed E-state index contributed by atoms with van der Waals surface area (Å²) in [5, 5.41) is 7.77. The zero-order valence-electron chi connectivity index (χ0n) is 31.7. The minimum atomic E-state index is 1.11. The van der Waals surface area contributed by atoms with Crippen LogP contribution in [-0.4, -0.2) is 0 Å². The van der Waals surface area contributed by atoms with Crippen molar-refractivity contribution in [1.82, 2.24) is 0 Å². The summed E-state index contributed by atoms with van der Waals surface area (Å²) in [7, 11) is 0. The molecule has 2 heteroatoms. The lowest BCUT2D eigenvalue weighted by atomic mass is 9.96. The van der Waals surface area contributed by atoms with E-state index in [1.807, 2.05) is 11.3 Å². The van der Waals surface area contributed by atoms with E-state index in [9.17, 15) is 0 Å². The second-order valence-corrected chi connectivity index (χ2v) is 16.0. The molecular formula is C56H37NS. The molecule has 11 rings (SSSR count). The van der Waals surface area contributed by atoms with Gasteiger partial charge in [0.05, 0.1) is 0 Å². The largest absolute Gasteiger partial charge is 0.311 e. The van der Waals surface area contributed by atoms with Crippen molar-refractivity contribution in [3.63, 3.8) is 0 Å². The monoisotopic (exact) mass is 755 g/mol. The summed E-state index contributed by atoms with van der Waals surface area (Å²) in [6.07, 6.45) is 0. The van der Waals surface area contributed by atoms with Gasteiger partial charge in [-0.2, -0.15) is 0 Å². The van der Waals surface area contributed by atoms with Gasteiger partial charge in [0.15, 0.2) is 0 Å². The van der Waals surface area contributed by atoms with Gasteiger partial charge in [-0.15, -0.1) is 11.3 Å². The summed E-state index contributed by atoms with van der Waals surface area (Å²) in [5.41, 5.74) is 13.1. The van der Waals surface area contributed by atoms with E-state index < -0.39 is 0 Å². The van der Waals surface area contributed by atoms with Crippen molar-refractivity contribution in [2.24, 2.45) is 0 Å². The molecule has 10 aromatic carbocycles. The van der Waals surface area contributed by atoms with Gasteiger partial charge >= 0.3 is 0 Å². The van der Waals surface area contributed by atoms with Crippen LogP contribution >= 0.6 is 11.3 Å². The molecule has 0 spiro atoms. The third-order valence-electron chi connectivity index (χ3n) is 11.5. The van der Waals surface area contributed by atoms with Crippen LogP contribution in [0.2, 0.25) is 0 Å². The molecule has 0 saturated heterocycles. The highest BCUT2D eigenvalue weighted by molar-refractivity contribution is 7.26. The second kappa shape index (κ2) is 14.4. The molecule has 0 aliphatic heterocycles. The van der Waals surface area contributed by atoms with Gasteiger partial charge in [-0.05, 0) is 115 Å². The van der Waals surface area contributed by atoms with Crippen LogP contribution < -0.4 is 4.90 Å². The van der Waals surface area contributed by atoms with Gasteiger partial charge in [0.1, 0.15) is 0 Å². The van der Waals surface area contributed by atoms with E-state index in [2.05, 4.69) is 229 Å². The molecule has 0 N–H and O–H groups in total. The lowest BCUT2D eigenvalue weighted by Crippen LogP contribution is -2.09. The van der Waals surface area contributed by atoms with E-state index >= 15 is 0 Å². The number of fused-ring (bicyclic) bond motifs is 6. The number of thiophene rings is 1. The van der Waals surface area contributed by atoms with E-state index in [0.717, 1.165) is 17.1 Å². The van der Waals surface area contributed by atoms with Crippen molar-refractivity contribution >= 4 is 70.1 Å². The van der Waals surface area contributed by atoms with E-state index in [1.54, 1.807) is 0 Å². The highest BCUT2D eigenvalue weighted by atomic mass is 32.1. The molecule has 1 aromatic heterocycles. The van der Waals surface area contributed by atoms with Crippen LogP contribution in [0, 0.1) is 0 Å². The van der Waals surface area contributed by atoms with Crippen LogP contribution in [0.1, 0.15) is 0 Å². The first-order valence-electron chi connectivity index (χ1n) is 19.8. The summed E-state index contributed by atoms with van der Waals surface area (Å²) >= 11 is 1.88. The van der Waals surface area contributed by atoms with Gasteiger partial charge in [0.25, 0.3) is 0 Å². The number of hydrogen-bond donors (Lipinski definition) is 0. The molecule has 0 saturated carbocycles. The molecule has 11 aromatic rings. The van der Waals surface area contributed by atoms with Gasteiger partial charge in [0.2, 0.25) is 0 Å². The first-order chi connectivity index (χ1) is 28.7. The average Bonchev–Trinajstić information content (AvgIpc) is 3.69.